The number of anilines is 1. The molecular weight excluding hydrogens is 605 g/mol. The van der Waals surface area contributed by atoms with Gasteiger partial charge in [-0.1, -0.05) is 42.5 Å². The average molecular weight is 638 g/mol. The molecule has 2 saturated heterocycles. The van der Waals surface area contributed by atoms with E-state index in [0.717, 1.165) is 55.4 Å². The standard InChI is InChI=1S/C34H32FN7O3S/c35-28-21-38-29(24-7-4-8-25(15-24)31(43)39-19-22-5-2-1-3-6-22)16-26(28)20-36-18-23-10-13-42(14-11-23)33-37-12-9-27(40-33)17-30-32(44)41-34(45)46-30/h1-9,12,15-17,21,23,36H,10-11,13-14,18-20H2,(H,39,43)(H,41,44,45). The van der Waals surface area contributed by atoms with Gasteiger partial charge in [0, 0.05) is 49.1 Å². The number of nitrogens with one attached hydrogen (secondary N) is 3. The van der Waals surface area contributed by atoms with Gasteiger partial charge >= 0.3 is 0 Å². The number of carbonyl (C=O) groups excluding carboxylic acids is 3. The molecule has 0 atom stereocenters. The maximum Gasteiger partial charge on any atom is 0.290 e. The topological polar surface area (TPSA) is 129 Å². The van der Waals surface area contributed by atoms with E-state index in [1.54, 1.807) is 42.6 Å². The molecular formula is C34H32FN7O3S. The number of piperidine rings is 1. The quantitative estimate of drug-likeness (QED) is 0.207. The van der Waals surface area contributed by atoms with E-state index in [2.05, 4.69) is 35.8 Å². The van der Waals surface area contributed by atoms with Gasteiger partial charge in [-0.2, -0.15) is 0 Å². The summed E-state index contributed by atoms with van der Waals surface area (Å²) < 4.78 is 14.7. The van der Waals surface area contributed by atoms with Crippen LogP contribution in [0.25, 0.3) is 17.3 Å². The van der Waals surface area contributed by atoms with Gasteiger partial charge in [0.05, 0.1) is 22.5 Å². The molecule has 3 amide bonds. The molecule has 2 aromatic carbocycles. The van der Waals surface area contributed by atoms with Gasteiger partial charge in [0.15, 0.2) is 0 Å². The number of benzene rings is 2. The van der Waals surface area contributed by atoms with Crippen molar-refractivity contribution in [3.63, 3.8) is 0 Å². The fourth-order valence-corrected chi connectivity index (χ4v) is 6.04. The first-order valence-corrected chi connectivity index (χ1v) is 15.8. The molecule has 0 bridgehead atoms. The molecule has 0 aliphatic carbocycles. The van der Waals surface area contributed by atoms with Crippen LogP contribution in [0.5, 0.6) is 0 Å². The Bertz CT molecular complexity index is 1780. The van der Waals surface area contributed by atoms with E-state index in [-0.39, 0.29) is 17.0 Å². The number of aromatic nitrogens is 3. The number of hydrogen-bond acceptors (Lipinski definition) is 9. The van der Waals surface area contributed by atoms with E-state index in [0.29, 0.717) is 52.4 Å². The van der Waals surface area contributed by atoms with E-state index < -0.39 is 5.91 Å². The fourth-order valence-electron chi connectivity index (χ4n) is 5.37. The Kier molecular flexibility index (Phi) is 9.75. The lowest BCUT2D eigenvalue weighted by molar-refractivity contribution is -0.115. The van der Waals surface area contributed by atoms with Crippen molar-refractivity contribution < 1.29 is 18.8 Å². The summed E-state index contributed by atoms with van der Waals surface area (Å²) in [6.07, 6.45) is 6.30. The zero-order chi connectivity index (χ0) is 31.9. The van der Waals surface area contributed by atoms with Crippen LogP contribution >= 0.6 is 11.8 Å². The van der Waals surface area contributed by atoms with Crippen molar-refractivity contribution in [3.8, 4) is 11.3 Å². The minimum absolute atomic E-state index is 0.188. The molecule has 2 aliphatic rings. The molecule has 2 aromatic heterocycles. The van der Waals surface area contributed by atoms with Crippen LogP contribution in [0.3, 0.4) is 0 Å². The first-order chi connectivity index (χ1) is 22.4. The van der Waals surface area contributed by atoms with Crippen LogP contribution in [-0.4, -0.2) is 51.6 Å². The molecule has 6 rings (SSSR count). The monoisotopic (exact) mass is 637 g/mol. The molecule has 2 fully saturated rings. The smallest absolute Gasteiger partial charge is 0.290 e. The Hall–Kier alpha value is -4.94. The highest BCUT2D eigenvalue weighted by atomic mass is 32.2. The van der Waals surface area contributed by atoms with Crippen LogP contribution in [0.4, 0.5) is 15.1 Å². The third kappa shape index (κ3) is 7.82. The van der Waals surface area contributed by atoms with Gasteiger partial charge in [0.1, 0.15) is 5.82 Å². The first-order valence-electron chi connectivity index (χ1n) is 15.0. The van der Waals surface area contributed by atoms with Gasteiger partial charge in [-0.15, -0.1) is 0 Å². The molecule has 4 aromatic rings. The zero-order valence-corrected chi connectivity index (χ0v) is 25.7. The van der Waals surface area contributed by atoms with Crippen molar-refractivity contribution in [1.82, 2.24) is 30.9 Å². The molecule has 4 heterocycles. The molecule has 0 radical (unpaired) electrons. The third-order valence-electron chi connectivity index (χ3n) is 7.88. The maximum absolute atomic E-state index is 14.7. The number of amides is 3. The third-order valence-corrected chi connectivity index (χ3v) is 8.69. The van der Waals surface area contributed by atoms with Gasteiger partial charge in [-0.25, -0.2) is 14.4 Å². The van der Waals surface area contributed by atoms with Crippen LogP contribution in [0.15, 0.2) is 84.0 Å². The largest absolute Gasteiger partial charge is 0.348 e. The van der Waals surface area contributed by atoms with E-state index in [4.69, 9.17) is 0 Å². The summed E-state index contributed by atoms with van der Waals surface area (Å²) in [6, 6.07) is 20.3. The minimum Gasteiger partial charge on any atom is -0.348 e. The van der Waals surface area contributed by atoms with Crippen LogP contribution < -0.4 is 20.9 Å². The Balaban J connectivity index is 1.00. The van der Waals surface area contributed by atoms with E-state index in [9.17, 15) is 18.8 Å². The molecule has 3 N–H and O–H groups in total. The summed E-state index contributed by atoms with van der Waals surface area (Å²) in [7, 11) is 0. The van der Waals surface area contributed by atoms with Crippen LogP contribution in [-0.2, 0) is 17.9 Å². The summed E-state index contributed by atoms with van der Waals surface area (Å²) >= 11 is 0.858. The van der Waals surface area contributed by atoms with Crippen molar-refractivity contribution in [1.29, 1.82) is 0 Å². The Morgan fingerprint density at radius 2 is 1.85 bits per heavy atom. The van der Waals surface area contributed by atoms with Crippen molar-refractivity contribution in [2.24, 2.45) is 5.92 Å². The molecule has 12 heteroatoms. The average Bonchev–Trinajstić information content (AvgIpc) is 3.40. The summed E-state index contributed by atoms with van der Waals surface area (Å²) in [4.78, 5) is 51.8. The lowest BCUT2D eigenvalue weighted by Gasteiger charge is -2.32. The Morgan fingerprint density at radius 3 is 2.63 bits per heavy atom. The van der Waals surface area contributed by atoms with Gasteiger partial charge in [0.25, 0.3) is 17.1 Å². The number of thioether (sulfide) groups is 1. The highest BCUT2D eigenvalue weighted by Crippen LogP contribution is 2.26. The number of rotatable bonds is 10. The van der Waals surface area contributed by atoms with Gasteiger partial charge < -0.3 is 15.5 Å². The summed E-state index contributed by atoms with van der Waals surface area (Å²) in [5.74, 6) is 0.000836. The predicted octanol–water partition coefficient (Wildman–Crippen LogP) is 4.94. The summed E-state index contributed by atoms with van der Waals surface area (Å²) in [6.45, 7) is 3.05. The summed E-state index contributed by atoms with van der Waals surface area (Å²) in [5, 5.41) is 8.20. The minimum atomic E-state index is -0.417. The lowest BCUT2D eigenvalue weighted by Crippen LogP contribution is -2.38. The fraction of sp³-hybridized carbons (Fsp3) is 0.235. The van der Waals surface area contributed by atoms with E-state index in [1.165, 1.54) is 6.20 Å². The Labute approximate surface area is 269 Å². The highest BCUT2D eigenvalue weighted by Gasteiger charge is 2.26. The van der Waals surface area contributed by atoms with Crippen molar-refractivity contribution >= 4 is 40.8 Å². The predicted molar refractivity (Wildman–Crippen MR) is 175 cm³/mol. The molecule has 46 heavy (non-hydrogen) atoms. The van der Waals surface area contributed by atoms with E-state index in [1.807, 2.05) is 36.4 Å². The molecule has 2 aliphatic heterocycles. The second-order valence-corrected chi connectivity index (χ2v) is 12.1. The van der Waals surface area contributed by atoms with E-state index >= 15 is 0 Å². The number of halogens is 1. The normalized spacial score (nSPS) is 16.1. The molecule has 234 valence electrons. The second kappa shape index (κ2) is 14.4. The van der Waals surface area contributed by atoms with Crippen molar-refractivity contribution in [3.05, 3.63) is 112 Å². The Morgan fingerprint density at radius 1 is 1.02 bits per heavy atom. The van der Waals surface area contributed by atoms with Crippen LogP contribution in [0, 0.1) is 11.7 Å². The van der Waals surface area contributed by atoms with Crippen LogP contribution in [0.1, 0.15) is 40.0 Å². The highest BCUT2D eigenvalue weighted by molar-refractivity contribution is 8.18. The number of nitrogens with zero attached hydrogens (tertiary/aromatic N) is 4. The van der Waals surface area contributed by atoms with Gasteiger partial charge in [-0.3, -0.25) is 24.7 Å². The number of carbonyl (C=O) groups is 3. The van der Waals surface area contributed by atoms with Crippen molar-refractivity contribution in [2.45, 2.75) is 25.9 Å². The number of hydrogen-bond donors (Lipinski definition) is 3. The van der Waals surface area contributed by atoms with Crippen molar-refractivity contribution in [2.75, 3.05) is 24.5 Å². The molecule has 10 nitrogen and oxygen atoms in total. The van der Waals surface area contributed by atoms with Gasteiger partial charge in [-0.05, 0) is 73.0 Å². The summed E-state index contributed by atoms with van der Waals surface area (Å²) in [5.41, 5.74) is 3.94. The van der Waals surface area contributed by atoms with Crippen LogP contribution in [0.2, 0.25) is 0 Å². The van der Waals surface area contributed by atoms with Gasteiger partial charge in [0.2, 0.25) is 5.95 Å². The molecule has 0 spiro atoms. The number of pyridine rings is 1. The first kappa shape index (κ1) is 31.1. The SMILES string of the molecule is O=C1NC(=O)C(=Cc2ccnc(N3CCC(CNCc4cc(-c5cccc(C(=O)NCc6ccccc6)c5)ncc4F)CC3)n2)S1. The molecule has 0 saturated carbocycles. The number of imide groups is 1. The molecule has 0 unspecified atom stereocenters. The maximum atomic E-state index is 14.7. The lowest BCUT2D eigenvalue weighted by atomic mass is 9.97. The zero-order valence-electron chi connectivity index (χ0n) is 24.9. The second-order valence-electron chi connectivity index (χ2n) is 11.1.